The summed E-state index contributed by atoms with van der Waals surface area (Å²) in [6.45, 7) is 2.49. The Bertz CT molecular complexity index is 603. The summed E-state index contributed by atoms with van der Waals surface area (Å²) in [7, 11) is -3.63. The first-order valence-electron chi connectivity index (χ1n) is 6.42. The van der Waals surface area contributed by atoms with Gasteiger partial charge in [0, 0.05) is 13.0 Å². The molecule has 0 bridgehead atoms. The second kappa shape index (κ2) is 8.29. The second-order valence-corrected chi connectivity index (χ2v) is 5.80. The molecule has 2 N–H and O–H groups in total. The van der Waals surface area contributed by atoms with Gasteiger partial charge < -0.3 is 10.1 Å². The van der Waals surface area contributed by atoms with Crippen molar-refractivity contribution in [1.29, 1.82) is 0 Å². The molecule has 0 atom stereocenters. The van der Waals surface area contributed by atoms with E-state index in [1.54, 1.807) is 12.1 Å². The molecule has 0 aliphatic carbocycles. The Morgan fingerprint density at radius 3 is 2.57 bits per heavy atom. The fourth-order valence-electron chi connectivity index (χ4n) is 1.50. The van der Waals surface area contributed by atoms with Crippen molar-refractivity contribution in [1.82, 2.24) is 10.0 Å². The summed E-state index contributed by atoms with van der Waals surface area (Å²) >= 11 is 0. The van der Waals surface area contributed by atoms with Gasteiger partial charge in [0.25, 0.3) is 0 Å². The average Bonchev–Trinajstić information content (AvgIpc) is 2.46. The van der Waals surface area contributed by atoms with Crippen LogP contribution in [0.1, 0.15) is 13.3 Å². The summed E-state index contributed by atoms with van der Waals surface area (Å²) in [5, 5.41) is 2.45. The van der Waals surface area contributed by atoms with Crippen molar-refractivity contribution in [2.24, 2.45) is 0 Å². The van der Waals surface area contributed by atoms with Gasteiger partial charge in [-0.25, -0.2) is 13.1 Å². The maximum Gasteiger partial charge on any atom is 0.240 e. The van der Waals surface area contributed by atoms with Crippen LogP contribution in [0.5, 0.6) is 5.75 Å². The summed E-state index contributed by atoms with van der Waals surface area (Å²) in [6, 6.07) is 6.06. The van der Waals surface area contributed by atoms with Gasteiger partial charge in [-0.05, 0) is 31.2 Å². The second-order valence-electron chi connectivity index (χ2n) is 4.03. The van der Waals surface area contributed by atoms with Gasteiger partial charge in [0.05, 0.1) is 18.0 Å². The third-order valence-electron chi connectivity index (χ3n) is 2.48. The highest BCUT2D eigenvalue weighted by atomic mass is 32.2. The van der Waals surface area contributed by atoms with Crippen LogP contribution in [0, 0.1) is 12.3 Å². The first-order chi connectivity index (χ1) is 9.99. The maximum absolute atomic E-state index is 12.0. The Hall–Kier alpha value is -2.04. The zero-order valence-corrected chi connectivity index (χ0v) is 12.6. The molecule has 1 rings (SSSR count). The molecule has 0 heterocycles. The molecule has 0 spiro atoms. The Morgan fingerprint density at radius 2 is 2.00 bits per heavy atom. The highest BCUT2D eigenvalue weighted by Gasteiger charge is 2.14. The van der Waals surface area contributed by atoms with Crippen LogP contribution in [0.2, 0.25) is 0 Å². The monoisotopic (exact) mass is 310 g/mol. The van der Waals surface area contributed by atoms with E-state index in [1.165, 1.54) is 12.1 Å². The molecule has 0 aliphatic rings. The SMILES string of the molecule is C#CCNC(=O)CCNS(=O)(=O)c1ccc(OCC)cc1. The fourth-order valence-corrected chi connectivity index (χ4v) is 2.53. The molecule has 0 saturated heterocycles. The summed E-state index contributed by atoms with van der Waals surface area (Å²) in [6.07, 6.45) is 5.02. The standard InChI is InChI=1S/C14H18N2O4S/c1-3-10-15-14(17)9-11-16-21(18,19)13-7-5-12(6-8-13)20-4-2/h1,5-8,16H,4,9-11H2,2H3,(H,15,17). The topological polar surface area (TPSA) is 84.5 Å². The number of hydrogen-bond acceptors (Lipinski definition) is 4. The van der Waals surface area contributed by atoms with E-state index in [4.69, 9.17) is 11.2 Å². The van der Waals surface area contributed by atoms with Gasteiger partial charge in [-0.1, -0.05) is 5.92 Å². The molecule has 0 aliphatic heterocycles. The molecular formula is C14H18N2O4S. The molecule has 0 aromatic heterocycles. The zero-order chi connectivity index (χ0) is 15.7. The predicted molar refractivity (Wildman–Crippen MR) is 79.3 cm³/mol. The number of carbonyl (C=O) groups is 1. The van der Waals surface area contributed by atoms with E-state index >= 15 is 0 Å². The molecule has 114 valence electrons. The maximum atomic E-state index is 12.0. The number of sulfonamides is 1. The van der Waals surface area contributed by atoms with Crippen LogP contribution in [0.25, 0.3) is 0 Å². The smallest absolute Gasteiger partial charge is 0.240 e. The van der Waals surface area contributed by atoms with Gasteiger partial charge in [-0.15, -0.1) is 6.42 Å². The minimum Gasteiger partial charge on any atom is -0.494 e. The summed E-state index contributed by atoms with van der Waals surface area (Å²) in [5.74, 6) is 2.56. The van der Waals surface area contributed by atoms with Gasteiger partial charge >= 0.3 is 0 Å². The quantitative estimate of drug-likeness (QED) is 0.685. The van der Waals surface area contributed by atoms with Crippen LogP contribution in [0.15, 0.2) is 29.2 Å². The van der Waals surface area contributed by atoms with E-state index in [9.17, 15) is 13.2 Å². The number of rotatable bonds is 8. The lowest BCUT2D eigenvalue weighted by molar-refractivity contribution is -0.120. The number of nitrogens with one attached hydrogen (secondary N) is 2. The molecular weight excluding hydrogens is 292 g/mol. The van der Waals surface area contributed by atoms with Gasteiger partial charge in [0.1, 0.15) is 5.75 Å². The van der Waals surface area contributed by atoms with Gasteiger partial charge in [0.15, 0.2) is 0 Å². The molecule has 1 aromatic rings. The molecule has 1 amide bonds. The lowest BCUT2D eigenvalue weighted by Crippen LogP contribution is -2.30. The van der Waals surface area contributed by atoms with Crippen molar-refractivity contribution in [2.45, 2.75) is 18.2 Å². The largest absolute Gasteiger partial charge is 0.494 e. The first-order valence-corrected chi connectivity index (χ1v) is 7.90. The number of benzene rings is 1. The molecule has 1 aromatic carbocycles. The number of ether oxygens (including phenoxy) is 1. The Kier molecular flexibility index (Phi) is 6.72. The van der Waals surface area contributed by atoms with E-state index < -0.39 is 10.0 Å². The van der Waals surface area contributed by atoms with Gasteiger partial charge in [0.2, 0.25) is 15.9 Å². The van der Waals surface area contributed by atoms with Gasteiger partial charge in [-0.3, -0.25) is 4.79 Å². The number of amides is 1. The highest BCUT2D eigenvalue weighted by Crippen LogP contribution is 2.15. The molecule has 0 saturated carbocycles. The van der Waals surface area contributed by atoms with Crippen LogP contribution in [0.3, 0.4) is 0 Å². The van der Waals surface area contributed by atoms with Crippen LogP contribution >= 0.6 is 0 Å². The molecule has 0 radical (unpaired) electrons. The number of hydrogen-bond donors (Lipinski definition) is 2. The summed E-state index contributed by atoms with van der Waals surface area (Å²) in [5.41, 5.74) is 0. The molecule has 6 nitrogen and oxygen atoms in total. The Balaban J connectivity index is 2.53. The predicted octanol–water partition coefficient (Wildman–Crippen LogP) is 0.503. The first kappa shape index (κ1) is 17.0. The normalized spacial score (nSPS) is 10.7. The van der Waals surface area contributed by atoms with Gasteiger partial charge in [-0.2, -0.15) is 0 Å². The van der Waals surface area contributed by atoms with E-state index in [0.29, 0.717) is 12.4 Å². The minimum atomic E-state index is -3.63. The third kappa shape index (κ3) is 5.85. The molecule has 7 heteroatoms. The fraction of sp³-hybridized carbons (Fsp3) is 0.357. The summed E-state index contributed by atoms with van der Waals surface area (Å²) in [4.78, 5) is 11.4. The third-order valence-corrected chi connectivity index (χ3v) is 3.95. The zero-order valence-electron chi connectivity index (χ0n) is 11.8. The van der Waals surface area contributed by atoms with Crippen LogP contribution in [0.4, 0.5) is 0 Å². The van der Waals surface area contributed by atoms with Crippen LogP contribution < -0.4 is 14.8 Å². The highest BCUT2D eigenvalue weighted by molar-refractivity contribution is 7.89. The average molecular weight is 310 g/mol. The Labute approximate surface area is 124 Å². The van der Waals surface area contributed by atoms with Crippen molar-refractivity contribution in [3.05, 3.63) is 24.3 Å². The van der Waals surface area contributed by atoms with Crippen LogP contribution in [-0.2, 0) is 14.8 Å². The van der Waals surface area contributed by atoms with E-state index in [-0.39, 0.29) is 30.3 Å². The Morgan fingerprint density at radius 1 is 1.33 bits per heavy atom. The minimum absolute atomic E-state index is 0.00590. The molecule has 21 heavy (non-hydrogen) atoms. The molecule has 0 fully saturated rings. The lowest BCUT2D eigenvalue weighted by Gasteiger charge is -2.08. The van der Waals surface area contributed by atoms with Crippen molar-refractivity contribution in [2.75, 3.05) is 19.7 Å². The van der Waals surface area contributed by atoms with Crippen LogP contribution in [-0.4, -0.2) is 34.0 Å². The number of terminal acetylenes is 1. The molecule has 0 unspecified atom stereocenters. The van der Waals surface area contributed by atoms with Crippen molar-refractivity contribution in [3.8, 4) is 18.1 Å². The van der Waals surface area contributed by atoms with E-state index in [1.807, 2.05) is 6.92 Å². The number of carbonyl (C=O) groups excluding carboxylic acids is 1. The van der Waals surface area contributed by atoms with E-state index in [0.717, 1.165) is 0 Å². The van der Waals surface area contributed by atoms with Crippen molar-refractivity contribution < 1.29 is 17.9 Å². The lowest BCUT2D eigenvalue weighted by atomic mass is 10.3. The van der Waals surface area contributed by atoms with E-state index in [2.05, 4.69) is 16.0 Å². The summed E-state index contributed by atoms with van der Waals surface area (Å²) < 4.78 is 31.6. The van der Waals surface area contributed by atoms with Crippen molar-refractivity contribution in [3.63, 3.8) is 0 Å². The van der Waals surface area contributed by atoms with Crippen molar-refractivity contribution >= 4 is 15.9 Å².